The molecule has 7 heteroatoms. The molecule has 0 aliphatic rings. The average Bonchev–Trinajstić information content (AvgIpc) is 2.86. The Morgan fingerprint density at radius 1 is 1.47 bits per heavy atom. The van der Waals surface area contributed by atoms with Crippen molar-refractivity contribution in [2.45, 2.75) is 13.0 Å². The summed E-state index contributed by atoms with van der Waals surface area (Å²) < 4.78 is 5.04. The van der Waals surface area contributed by atoms with E-state index in [1.54, 1.807) is 18.4 Å². The van der Waals surface area contributed by atoms with Gasteiger partial charge in [0.1, 0.15) is 10.7 Å². The molecule has 3 N–H and O–H groups in total. The number of hydrazine groups is 1. The number of nitrogens with one attached hydrogen (secondary N) is 1. The van der Waals surface area contributed by atoms with Crippen molar-refractivity contribution in [2.24, 2.45) is 5.84 Å². The van der Waals surface area contributed by atoms with E-state index in [9.17, 15) is 0 Å². The normalized spacial score (nSPS) is 11.4. The average molecular weight is 281 g/mol. The predicted molar refractivity (Wildman–Crippen MR) is 78.1 cm³/mol. The Bertz CT molecular complexity index is 530. The van der Waals surface area contributed by atoms with Crippen molar-refractivity contribution in [2.75, 3.05) is 32.7 Å². The highest BCUT2D eigenvalue weighted by Gasteiger charge is 2.09. The second-order valence-corrected chi connectivity index (χ2v) is 5.25. The van der Waals surface area contributed by atoms with Crippen molar-refractivity contribution < 1.29 is 4.74 Å². The zero-order valence-electron chi connectivity index (χ0n) is 11.2. The van der Waals surface area contributed by atoms with Gasteiger partial charge in [0.05, 0.1) is 11.9 Å². The molecular weight excluding hydrogens is 262 g/mol. The van der Waals surface area contributed by atoms with Crippen LogP contribution in [-0.2, 0) is 11.3 Å². The van der Waals surface area contributed by atoms with Gasteiger partial charge in [-0.3, -0.25) is 4.90 Å². The van der Waals surface area contributed by atoms with Gasteiger partial charge in [-0.2, -0.15) is 0 Å². The summed E-state index contributed by atoms with van der Waals surface area (Å²) in [5.74, 6) is 6.97. The maximum Gasteiger partial charge on any atom is 0.152 e. The highest BCUT2D eigenvalue weighted by Crippen LogP contribution is 2.24. The van der Waals surface area contributed by atoms with Crippen molar-refractivity contribution in [3.8, 4) is 0 Å². The summed E-state index contributed by atoms with van der Waals surface area (Å²) in [6, 6.07) is 1.97. The third kappa shape index (κ3) is 3.60. The fourth-order valence-electron chi connectivity index (χ4n) is 1.88. The Labute approximate surface area is 116 Å². The number of fused-ring (bicyclic) bond motifs is 1. The molecule has 0 spiro atoms. The standard InChI is InChI=1S/C12H19N5OS/c1-17(5-3-6-18-2)8-10-14-11(16-13)9-4-7-19-12(9)15-10/h4,7H,3,5-6,8,13H2,1-2H3,(H,14,15,16). The van der Waals surface area contributed by atoms with E-state index in [-0.39, 0.29) is 0 Å². The minimum atomic E-state index is 0.687. The quantitative estimate of drug-likeness (QED) is 0.454. The SMILES string of the molecule is COCCCN(C)Cc1nc(NN)c2ccsc2n1. The summed E-state index contributed by atoms with van der Waals surface area (Å²) in [6.45, 7) is 2.42. The molecule has 0 aromatic carbocycles. The van der Waals surface area contributed by atoms with Gasteiger partial charge in [0, 0.05) is 20.3 Å². The van der Waals surface area contributed by atoms with Gasteiger partial charge < -0.3 is 10.2 Å². The van der Waals surface area contributed by atoms with Crippen LogP contribution in [0.5, 0.6) is 0 Å². The van der Waals surface area contributed by atoms with Crippen LogP contribution >= 0.6 is 11.3 Å². The number of rotatable bonds is 7. The van der Waals surface area contributed by atoms with E-state index >= 15 is 0 Å². The van der Waals surface area contributed by atoms with Crippen LogP contribution in [0, 0.1) is 0 Å². The molecule has 0 amide bonds. The number of hydrogen-bond acceptors (Lipinski definition) is 7. The lowest BCUT2D eigenvalue weighted by Crippen LogP contribution is -2.22. The number of nitrogen functional groups attached to an aromatic ring is 1. The van der Waals surface area contributed by atoms with E-state index in [2.05, 4.69) is 20.3 Å². The number of aromatic nitrogens is 2. The molecule has 0 fully saturated rings. The van der Waals surface area contributed by atoms with Crippen molar-refractivity contribution in [1.82, 2.24) is 14.9 Å². The molecule has 0 saturated carbocycles. The number of hydrogen-bond donors (Lipinski definition) is 2. The number of anilines is 1. The van der Waals surface area contributed by atoms with E-state index in [4.69, 9.17) is 10.6 Å². The van der Waals surface area contributed by atoms with Gasteiger partial charge in [0.2, 0.25) is 0 Å². The zero-order valence-corrected chi connectivity index (χ0v) is 12.0. The number of nitrogens with zero attached hydrogens (tertiary/aromatic N) is 3. The van der Waals surface area contributed by atoms with E-state index < -0.39 is 0 Å². The van der Waals surface area contributed by atoms with Crippen LogP contribution in [0.3, 0.4) is 0 Å². The molecule has 2 heterocycles. The molecule has 0 saturated heterocycles. The molecular formula is C12H19N5OS. The second kappa shape index (κ2) is 6.76. The molecule has 104 valence electrons. The fraction of sp³-hybridized carbons (Fsp3) is 0.500. The number of methoxy groups -OCH3 is 1. The van der Waals surface area contributed by atoms with Crippen molar-refractivity contribution in [1.29, 1.82) is 0 Å². The predicted octanol–water partition coefficient (Wildman–Crippen LogP) is 1.45. The minimum Gasteiger partial charge on any atom is -0.385 e. The number of nitrogens with two attached hydrogens (primary N) is 1. The first kappa shape index (κ1) is 14.1. The van der Waals surface area contributed by atoms with Gasteiger partial charge in [-0.1, -0.05) is 0 Å². The third-order valence-corrected chi connectivity index (χ3v) is 3.61. The van der Waals surface area contributed by atoms with Crippen LogP contribution < -0.4 is 11.3 Å². The Kier molecular flexibility index (Phi) is 5.03. The van der Waals surface area contributed by atoms with Crippen LogP contribution in [0.1, 0.15) is 12.2 Å². The summed E-state index contributed by atoms with van der Waals surface area (Å²) in [7, 11) is 3.76. The van der Waals surface area contributed by atoms with Crippen molar-refractivity contribution in [3.05, 3.63) is 17.3 Å². The maximum atomic E-state index is 5.51. The van der Waals surface area contributed by atoms with Gasteiger partial charge in [-0.15, -0.1) is 11.3 Å². The molecule has 0 unspecified atom stereocenters. The fourth-order valence-corrected chi connectivity index (χ4v) is 2.66. The highest BCUT2D eigenvalue weighted by molar-refractivity contribution is 7.16. The zero-order chi connectivity index (χ0) is 13.7. The van der Waals surface area contributed by atoms with Crippen LogP contribution in [0.2, 0.25) is 0 Å². The highest BCUT2D eigenvalue weighted by atomic mass is 32.1. The van der Waals surface area contributed by atoms with Crippen LogP contribution in [-0.4, -0.2) is 42.2 Å². The summed E-state index contributed by atoms with van der Waals surface area (Å²) in [4.78, 5) is 12.1. The van der Waals surface area contributed by atoms with E-state index in [1.807, 2.05) is 18.5 Å². The molecule has 0 atom stereocenters. The van der Waals surface area contributed by atoms with Gasteiger partial charge in [-0.05, 0) is 24.9 Å². The van der Waals surface area contributed by atoms with Crippen LogP contribution in [0.4, 0.5) is 5.82 Å². The first-order chi connectivity index (χ1) is 9.24. The monoisotopic (exact) mass is 281 g/mol. The molecule has 0 aliphatic heterocycles. The largest absolute Gasteiger partial charge is 0.385 e. The minimum absolute atomic E-state index is 0.687. The van der Waals surface area contributed by atoms with Crippen molar-refractivity contribution in [3.63, 3.8) is 0 Å². The molecule has 6 nitrogen and oxygen atoms in total. The number of ether oxygens (including phenoxy) is 1. The van der Waals surface area contributed by atoms with E-state index in [1.165, 1.54) is 0 Å². The second-order valence-electron chi connectivity index (χ2n) is 4.36. The molecule has 2 aromatic rings. The molecule has 19 heavy (non-hydrogen) atoms. The van der Waals surface area contributed by atoms with Crippen LogP contribution in [0.15, 0.2) is 11.4 Å². The first-order valence-electron chi connectivity index (χ1n) is 6.13. The lowest BCUT2D eigenvalue weighted by Gasteiger charge is -2.15. The molecule has 0 aliphatic carbocycles. The van der Waals surface area contributed by atoms with E-state index in [0.29, 0.717) is 12.4 Å². The Balaban J connectivity index is 2.07. The molecule has 2 aromatic heterocycles. The topological polar surface area (TPSA) is 76.3 Å². The molecule has 2 rings (SSSR count). The lowest BCUT2D eigenvalue weighted by molar-refractivity contribution is 0.177. The number of thiophene rings is 1. The lowest BCUT2D eigenvalue weighted by atomic mass is 10.3. The summed E-state index contributed by atoms with van der Waals surface area (Å²) in [6.07, 6.45) is 0.996. The molecule has 0 radical (unpaired) electrons. The summed E-state index contributed by atoms with van der Waals surface area (Å²) >= 11 is 1.59. The van der Waals surface area contributed by atoms with Gasteiger partial charge >= 0.3 is 0 Å². The molecule has 0 bridgehead atoms. The Morgan fingerprint density at radius 3 is 3.05 bits per heavy atom. The Hall–Kier alpha value is -1.28. The summed E-state index contributed by atoms with van der Waals surface area (Å²) in [5.41, 5.74) is 2.64. The van der Waals surface area contributed by atoms with E-state index in [0.717, 1.165) is 35.6 Å². The van der Waals surface area contributed by atoms with Crippen LogP contribution in [0.25, 0.3) is 10.2 Å². The van der Waals surface area contributed by atoms with Gasteiger partial charge in [-0.25, -0.2) is 15.8 Å². The smallest absolute Gasteiger partial charge is 0.152 e. The summed E-state index contributed by atoms with van der Waals surface area (Å²) in [5, 5.41) is 2.96. The van der Waals surface area contributed by atoms with Gasteiger partial charge in [0.25, 0.3) is 0 Å². The van der Waals surface area contributed by atoms with Crippen molar-refractivity contribution >= 4 is 27.4 Å². The third-order valence-electron chi connectivity index (χ3n) is 2.81. The van der Waals surface area contributed by atoms with Gasteiger partial charge in [0.15, 0.2) is 5.82 Å². The Morgan fingerprint density at radius 2 is 2.32 bits per heavy atom. The first-order valence-corrected chi connectivity index (χ1v) is 7.00. The maximum absolute atomic E-state index is 5.51.